The predicted molar refractivity (Wildman–Crippen MR) is 83.2 cm³/mol. The molecule has 2 rings (SSSR count). The van der Waals surface area contributed by atoms with E-state index in [0.717, 1.165) is 0 Å². The molecular weight excluding hydrogens is 290 g/mol. The van der Waals surface area contributed by atoms with Crippen molar-refractivity contribution in [3.63, 3.8) is 0 Å². The molecule has 5 heteroatoms. The highest BCUT2D eigenvalue weighted by Crippen LogP contribution is 2.23. The van der Waals surface area contributed by atoms with Crippen molar-refractivity contribution in [1.29, 1.82) is 0 Å². The number of aliphatic hydroxyl groups is 1. The Hall–Kier alpha value is -2.04. The Morgan fingerprint density at radius 3 is 2.43 bits per heavy atom. The van der Waals surface area contributed by atoms with Gasteiger partial charge in [0.25, 0.3) is 0 Å². The lowest BCUT2D eigenvalue weighted by Crippen LogP contribution is -2.12. The molecule has 2 aromatic rings. The third kappa shape index (κ3) is 3.97. The van der Waals surface area contributed by atoms with E-state index >= 15 is 0 Å². The van der Waals surface area contributed by atoms with Gasteiger partial charge in [0.2, 0.25) is 0 Å². The molecule has 0 saturated carbocycles. The van der Waals surface area contributed by atoms with Gasteiger partial charge >= 0.3 is 0 Å². The van der Waals surface area contributed by atoms with Crippen LogP contribution in [0.4, 0.5) is 0 Å². The summed E-state index contributed by atoms with van der Waals surface area (Å²) in [6, 6.07) is 10.6. The first kappa shape index (κ1) is 15.4. The van der Waals surface area contributed by atoms with Gasteiger partial charge in [0.15, 0.2) is 0 Å². The Labute approximate surface area is 128 Å². The molecule has 0 heterocycles. The molecule has 0 radical (unpaired) electrons. The summed E-state index contributed by atoms with van der Waals surface area (Å²) in [7, 11) is 0. The van der Waals surface area contributed by atoms with E-state index in [0.29, 0.717) is 16.1 Å². The molecule has 4 nitrogen and oxygen atoms in total. The lowest BCUT2D eigenvalue weighted by atomic mass is 10.0. The van der Waals surface area contributed by atoms with Crippen molar-refractivity contribution in [3.05, 3.63) is 58.6 Å². The van der Waals surface area contributed by atoms with Crippen LogP contribution in [0.2, 0.25) is 5.02 Å². The van der Waals surface area contributed by atoms with Crippen LogP contribution in [-0.4, -0.2) is 27.6 Å². The van der Waals surface area contributed by atoms with Crippen molar-refractivity contribution in [3.8, 4) is 11.5 Å². The fourth-order valence-electron chi connectivity index (χ4n) is 1.86. The predicted octanol–water partition coefficient (Wildman–Crippen LogP) is 3.29. The molecule has 0 aromatic heterocycles. The average molecular weight is 306 g/mol. The van der Waals surface area contributed by atoms with Gasteiger partial charge in [-0.15, -0.1) is 0 Å². The molecular formula is C16H16ClNO3. The molecule has 0 aliphatic heterocycles. The summed E-state index contributed by atoms with van der Waals surface area (Å²) in [5, 5.41) is 29.6. The molecule has 0 unspecified atom stereocenters. The minimum Gasteiger partial charge on any atom is -0.508 e. The van der Waals surface area contributed by atoms with E-state index in [9.17, 15) is 15.3 Å². The van der Waals surface area contributed by atoms with Crippen LogP contribution in [0.25, 0.3) is 0 Å². The van der Waals surface area contributed by atoms with Crippen molar-refractivity contribution in [2.75, 3.05) is 0 Å². The number of aliphatic imine (C=N–C) groups is 1. The van der Waals surface area contributed by atoms with E-state index in [1.165, 1.54) is 24.4 Å². The molecule has 2 atom stereocenters. The molecule has 0 saturated heterocycles. The summed E-state index contributed by atoms with van der Waals surface area (Å²) < 4.78 is 0. The third-order valence-electron chi connectivity index (χ3n) is 3.13. The molecule has 0 spiro atoms. The van der Waals surface area contributed by atoms with Crippen LogP contribution in [0.15, 0.2) is 47.5 Å². The zero-order chi connectivity index (χ0) is 15.4. The van der Waals surface area contributed by atoms with Gasteiger partial charge in [0.1, 0.15) is 17.6 Å². The van der Waals surface area contributed by atoms with Crippen LogP contribution in [0.3, 0.4) is 0 Å². The second kappa shape index (κ2) is 6.61. The summed E-state index contributed by atoms with van der Waals surface area (Å²) in [5.41, 5.74) is 1.15. The van der Waals surface area contributed by atoms with E-state index in [1.54, 1.807) is 31.2 Å². The van der Waals surface area contributed by atoms with Crippen LogP contribution in [0.1, 0.15) is 24.2 Å². The molecule has 0 amide bonds. The minimum absolute atomic E-state index is 0.0782. The number of hydrogen-bond donors (Lipinski definition) is 3. The molecule has 0 aliphatic carbocycles. The highest BCUT2D eigenvalue weighted by molar-refractivity contribution is 6.30. The average Bonchev–Trinajstić information content (AvgIpc) is 2.48. The summed E-state index contributed by atoms with van der Waals surface area (Å²) in [6.07, 6.45) is 0.679. The molecule has 3 N–H and O–H groups in total. The topological polar surface area (TPSA) is 73.1 Å². The highest BCUT2D eigenvalue weighted by Gasteiger charge is 2.15. The normalized spacial score (nSPS) is 14.2. The maximum Gasteiger partial charge on any atom is 0.124 e. The smallest absolute Gasteiger partial charge is 0.124 e. The largest absolute Gasteiger partial charge is 0.508 e. The summed E-state index contributed by atoms with van der Waals surface area (Å²) in [5.74, 6) is 0.223. The van der Waals surface area contributed by atoms with Gasteiger partial charge in [-0.2, -0.15) is 0 Å². The van der Waals surface area contributed by atoms with Crippen molar-refractivity contribution < 1.29 is 15.3 Å². The molecule has 0 aliphatic rings. The number of benzene rings is 2. The van der Waals surface area contributed by atoms with Crippen LogP contribution < -0.4 is 0 Å². The third-order valence-corrected chi connectivity index (χ3v) is 3.36. The van der Waals surface area contributed by atoms with Crippen LogP contribution in [0.5, 0.6) is 11.5 Å². The van der Waals surface area contributed by atoms with Crippen molar-refractivity contribution in [2.24, 2.45) is 4.99 Å². The molecule has 0 bridgehead atoms. The number of rotatable bonds is 4. The maximum absolute atomic E-state index is 10.2. The lowest BCUT2D eigenvalue weighted by Gasteiger charge is -2.15. The second-order valence-corrected chi connectivity index (χ2v) is 5.19. The Morgan fingerprint density at radius 1 is 1.10 bits per heavy atom. The van der Waals surface area contributed by atoms with Gasteiger partial charge in [0, 0.05) is 16.8 Å². The summed E-state index contributed by atoms with van der Waals surface area (Å²) >= 11 is 5.86. The number of nitrogens with zero attached hydrogens (tertiary/aromatic N) is 1. The summed E-state index contributed by atoms with van der Waals surface area (Å²) in [6.45, 7) is 1.76. The van der Waals surface area contributed by atoms with Gasteiger partial charge < -0.3 is 15.3 Å². The molecule has 2 aromatic carbocycles. The quantitative estimate of drug-likeness (QED) is 0.759. The fraction of sp³-hybridized carbons (Fsp3) is 0.188. The Kier molecular flexibility index (Phi) is 4.83. The monoisotopic (exact) mass is 305 g/mol. The first-order valence-corrected chi connectivity index (χ1v) is 6.84. The highest BCUT2D eigenvalue weighted by atomic mass is 35.5. The van der Waals surface area contributed by atoms with Gasteiger partial charge in [-0.1, -0.05) is 23.7 Å². The van der Waals surface area contributed by atoms with Crippen molar-refractivity contribution in [2.45, 2.75) is 19.1 Å². The van der Waals surface area contributed by atoms with Gasteiger partial charge in [-0.05, 0) is 42.8 Å². The van der Waals surface area contributed by atoms with E-state index in [2.05, 4.69) is 4.99 Å². The number of phenolic OH excluding ortho intramolecular Hbond substituents is 2. The van der Waals surface area contributed by atoms with E-state index in [1.807, 2.05) is 0 Å². The lowest BCUT2D eigenvalue weighted by molar-refractivity contribution is 0.154. The first-order valence-electron chi connectivity index (χ1n) is 6.46. The molecule has 0 fully saturated rings. The Morgan fingerprint density at radius 2 is 1.76 bits per heavy atom. The maximum atomic E-state index is 10.2. The number of aromatic hydroxyl groups is 2. The van der Waals surface area contributed by atoms with Gasteiger partial charge in [-0.3, -0.25) is 4.99 Å². The van der Waals surface area contributed by atoms with Gasteiger partial charge in [-0.25, -0.2) is 0 Å². The van der Waals surface area contributed by atoms with Crippen LogP contribution in [0, 0.1) is 0 Å². The Balaban J connectivity index is 2.13. The van der Waals surface area contributed by atoms with E-state index < -0.39 is 12.1 Å². The molecule has 110 valence electrons. The SMILES string of the molecule is C[C@H](N=Cc1cc(Cl)ccc1O)[C@H](O)c1ccc(O)cc1. The van der Waals surface area contributed by atoms with Gasteiger partial charge in [0.05, 0.1) is 6.04 Å². The second-order valence-electron chi connectivity index (χ2n) is 4.76. The zero-order valence-electron chi connectivity index (χ0n) is 11.4. The number of aliphatic hydroxyl groups excluding tert-OH is 1. The zero-order valence-corrected chi connectivity index (χ0v) is 12.2. The minimum atomic E-state index is -0.803. The molecule has 21 heavy (non-hydrogen) atoms. The number of halogens is 1. The van der Waals surface area contributed by atoms with Crippen LogP contribution >= 0.6 is 11.6 Å². The van der Waals surface area contributed by atoms with Crippen molar-refractivity contribution in [1.82, 2.24) is 0 Å². The standard InChI is InChI=1S/C16H16ClNO3/c1-10(16(21)11-2-5-14(19)6-3-11)18-9-12-8-13(17)4-7-15(12)20/h2-10,16,19-21H,1H3/t10-,16-/m0/s1. The number of phenols is 2. The van der Waals surface area contributed by atoms with Crippen molar-refractivity contribution >= 4 is 17.8 Å². The number of hydrogen-bond acceptors (Lipinski definition) is 4. The first-order chi connectivity index (χ1) is 9.97. The fourth-order valence-corrected chi connectivity index (χ4v) is 2.04. The van der Waals surface area contributed by atoms with E-state index in [4.69, 9.17) is 11.6 Å². The Bertz CT molecular complexity index is 640. The summed E-state index contributed by atoms with van der Waals surface area (Å²) in [4.78, 5) is 4.24. The van der Waals surface area contributed by atoms with E-state index in [-0.39, 0.29) is 11.5 Å². The van der Waals surface area contributed by atoms with Crippen LogP contribution in [-0.2, 0) is 0 Å².